The molecule has 2 heterocycles. The first-order valence-corrected chi connectivity index (χ1v) is 7.49. The summed E-state index contributed by atoms with van der Waals surface area (Å²) in [6, 6.07) is 4.84. The Labute approximate surface area is 122 Å². The molecule has 0 saturated carbocycles. The van der Waals surface area contributed by atoms with Gasteiger partial charge in [0.2, 0.25) is 10.0 Å². The van der Waals surface area contributed by atoms with Crippen molar-refractivity contribution in [2.24, 2.45) is 0 Å². The number of nitrogen functional groups attached to an aromatic ring is 1. The molecule has 0 saturated heterocycles. The Morgan fingerprint density at radius 3 is 2.75 bits per heavy atom. The first kappa shape index (κ1) is 14.7. The van der Waals surface area contributed by atoms with Crippen LogP contribution in [0.4, 0.5) is 5.82 Å². The van der Waals surface area contributed by atoms with E-state index in [0.717, 1.165) is 5.56 Å². The highest BCUT2D eigenvalue weighted by molar-refractivity contribution is 7.89. The van der Waals surface area contributed by atoms with E-state index in [4.69, 9.17) is 17.3 Å². The second-order valence-corrected chi connectivity index (χ2v) is 6.61. The van der Waals surface area contributed by atoms with Crippen molar-refractivity contribution < 1.29 is 8.42 Å². The number of sulfonamides is 1. The Bertz CT molecular complexity index is 707. The van der Waals surface area contributed by atoms with E-state index in [2.05, 4.69) is 9.97 Å². The highest BCUT2D eigenvalue weighted by Gasteiger charge is 2.22. The van der Waals surface area contributed by atoms with Crippen molar-refractivity contribution in [3.8, 4) is 0 Å². The van der Waals surface area contributed by atoms with E-state index in [1.807, 2.05) is 0 Å². The van der Waals surface area contributed by atoms with Crippen LogP contribution in [0.5, 0.6) is 0 Å². The van der Waals surface area contributed by atoms with E-state index in [0.29, 0.717) is 0 Å². The summed E-state index contributed by atoms with van der Waals surface area (Å²) in [6.45, 7) is 0.207. The zero-order valence-electron chi connectivity index (χ0n) is 10.7. The number of nitrogens with zero attached hydrogens (tertiary/aromatic N) is 3. The molecule has 0 aliphatic heterocycles. The molecule has 2 aromatic heterocycles. The summed E-state index contributed by atoms with van der Waals surface area (Å²) in [5, 5.41) is 0.112. The third-order valence-corrected chi connectivity index (χ3v) is 4.75. The minimum atomic E-state index is -3.67. The number of nitrogens with two attached hydrogens (primary N) is 1. The molecule has 2 rings (SSSR count). The van der Waals surface area contributed by atoms with Gasteiger partial charge in [0.05, 0.1) is 5.02 Å². The largest absolute Gasteiger partial charge is 0.382 e. The van der Waals surface area contributed by atoms with E-state index in [9.17, 15) is 8.42 Å². The molecule has 106 valence electrons. The summed E-state index contributed by atoms with van der Waals surface area (Å²) in [5.74, 6) is 0.0977. The van der Waals surface area contributed by atoms with Gasteiger partial charge >= 0.3 is 0 Å². The van der Waals surface area contributed by atoms with Crippen LogP contribution in [-0.2, 0) is 16.6 Å². The maximum atomic E-state index is 12.4. The van der Waals surface area contributed by atoms with Crippen molar-refractivity contribution in [2.75, 3.05) is 12.8 Å². The van der Waals surface area contributed by atoms with Crippen LogP contribution >= 0.6 is 11.6 Å². The first-order chi connectivity index (χ1) is 9.41. The molecule has 8 heteroatoms. The lowest BCUT2D eigenvalue weighted by Gasteiger charge is -2.17. The number of hydrogen-bond donors (Lipinski definition) is 1. The molecule has 0 aliphatic rings. The lowest BCUT2D eigenvalue weighted by atomic mass is 10.3. The second-order valence-electron chi connectivity index (χ2n) is 4.16. The maximum Gasteiger partial charge on any atom is 0.244 e. The number of anilines is 1. The van der Waals surface area contributed by atoms with Crippen LogP contribution in [0.25, 0.3) is 0 Å². The van der Waals surface area contributed by atoms with Crippen molar-refractivity contribution >= 4 is 27.4 Å². The minimum absolute atomic E-state index is 0.00286. The molecule has 0 bridgehead atoms. The van der Waals surface area contributed by atoms with Crippen LogP contribution in [0.1, 0.15) is 5.56 Å². The third kappa shape index (κ3) is 3.06. The topological polar surface area (TPSA) is 89.2 Å². The molecule has 2 aromatic rings. The summed E-state index contributed by atoms with van der Waals surface area (Å²) in [6.07, 6.45) is 4.43. The molecule has 0 aliphatic carbocycles. The predicted octanol–water partition coefficient (Wildman–Crippen LogP) is 1.53. The van der Waals surface area contributed by atoms with Crippen LogP contribution in [0.3, 0.4) is 0 Å². The van der Waals surface area contributed by atoms with Crippen LogP contribution in [0.2, 0.25) is 5.02 Å². The Morgan fingerprint density at radius 1 is 1.40 bits per heavy atom. The zero-order valence-corrected chi connectivity index (χ0v) is 12.3. The number of pyridine rings is 2. The molecule has 0 spiro atoms. The Kier molecular flexibility index (Phi) is 4.22. The number of hydrogen-bond acceptors (Lipinski definition) is 5. The molecule has 6 nitrogen and oxygen atoms in total. The Balaban J connectivity index is 2.27. The Hall–Kier alpha value is -1.70. The van der Waals surface area contributed by atoms with Gasteiger partial charge in [-0.1, -0.05) is 17.7 Å². The van der Waals surface area contributed by atoms with Gasteiger partial charge in [0, 0.05) is 32.2 Å². The fourth-order valence-corrected chi connectivity index (χ4v) is 2.95. The van der Waals surface area contributed by atoms with Gasteiger partial charge in [-0.2, -0.15) is 4.31 Å². The van der Waals surface area contributed by atoms with Gasteiger partial charge in [-0.3, -0.25) is 4.98 Å². The summed E-state index contributed by atoms with van der Waals surface area (Å²) in [5.41, 5.74) is 6.26. The monoisotopic (exact) mass is 312 g/mol. The molecular weight excluding hydrogens is 300 g/mol. The van der Waals surface area contributed by atoms with Gasteiger partial charge in [0.1, 0.15) is 10.7 Å². The maximum absolute atomic E-state index is 12.4. The Morgan fingerprint density at radius 2 is 2.15 bits per heavy atom. The SMILES string of the molecule is CN(Cc1cccnc1)S(=O)(=O)c1cnc(N)c(Cl)c1. The number of halogens is 1. The smallest absolute Gasteiger partial charge is 0.244 e. The van der Waals surface area contributed by atoms with Crippen LogP contribution in [-0.4, -0.2) is 29.7 Å². The predicted molar refractivity (Wildman–Crippen MR) is 76.5 cm³/mol. The summed E-state index contributed by atoms with van der Waals surface area (Å²) in [4.78, 5) is 7.71. The molecule has 0 fully saturated rings. The molecule has 0 atom stereocenters. The molecule has 0 unspecified atom stereocenters. The van der Waals surface area contributed by atoms with Crippen molar-refractivity contribution in [1.29, 1.82) is 0 Å². The molecule has 2 N–H and O–H groups in total. The molecular formula is C12H13ClN4O2S. The normalized spacial score (nSPS) is 11.8. The van der Waals surface area contributed by atoms with E-state index >= 15 is 0 Å². The molecule has 0 amide bonds. The quantitative estimate of drug-likeness (QED) is 0.924. The van der Waals surface area contributed by atoms with E-state index in [-0.39, 0.29) is 22.3 Å². The minimum Gasteiger partial charge on any atom is -0.382 e. The molecule has 0 aromatic carbocycles. The second kappa shape index (κ2) is 5.74. The van der Waals surface area contributed by atoms with E-state index in [1.54, 1.807) is 24.5 Å². The van der Waals surface area contributed by atoms with Crippen molar-refractivity contribution in [2.45, 2.75) is 11.4 Å². The van der Waals surface area contributed by atoms with E-state index < -0.39 is 10.0 Å². The molecule has 20 heavy (non-hydrogen) atoms. The van der Waals surface area contributed by atoms with Crippen LogP contribution in [0, 0.1) is 0 Å². The zero-order chi connectivity index (χ0) is 14.8. The van der Waals surface area contributed by atoms with Crippen LogP contribution < -0.4 is 5.73 Å². The number of rotatable bonds is 4. The highest BCUT2D eigenvalue weighted by Crippen LogP contribution is 2.22. The average molecular weight is 313 g/mol. The van der Waals surface area contributed by atoms with Gasteiger partial charge in [-0.05, 0) is 17.7 Å². The third-order valence-electron chi connectivity index (χ3n) is 2.68. The fraction of sp³-hybridized carbons (Fsp3) is 0.167. The van der Waals surface area contributed by atoms with Crippen molar-refractivity contribution in [3.63, 3.8) is 0 Å². The average Bonchev–Trinajstić information content (AvgIpc) is 2.42. The first-order valence-electron chi connectivity index (χ1n) is 5.67. The van der Waals surface area contributed by atoms with Gasteiger partial charge in [-0.15, -0.1) is 0 Å². The standard InChI is InChI=1S/C12H13ClN4O2S/c1-17(8-9-3-2-4-15-6-9)20(18,19)10-5-11(13)12(14)16-7-10/h2-7H,8H2,1H3,(H2,14,16). The van der Waals surface area contributed by atoms with Gasteiger partial charge in [0.25, 0.3) is 0 Å². The van der Waals surface area contributed by atoms with Gasteiger partial charge in [-0.25, -0.2) is 13.4 Å². The summed E-state index contributed by atoms with van der Waals surface area (Å²) >= 11 is 5.80. The van der Waals surface area contributed by atoms with Crippen LogP contribution in [0.15, 0.2) is 41.7 Å². The molecule has 0 radical (unpaired) electrons. The lowest BCUT2D eigenvalue weighted by molar-refractivity contribution is 0.466. The van der Waals surface area contributed by atoms with Crippen molar-refractivity contribution in [1.82, 2.24) is 14.3 Å². The summed E-state index contributed by atoms with van der Waals surface area (Å²) in [7, 11) is -2.19. The fourth-order valence-electron chi connectivity index (χ4n) is 1.59. The van der Waals surface area contributed by atoms with Gasteiger partial charge < -0.3 is 5.73 Å². The number of aromatic nitrogens is 2. The van der Waals surface area contributed by atoms with Gasteiger partial charge in [0.15, 0.2) is 0 Å². The summed E-state index contributed by atoms with van der Waals surface area (Å²) < 4.78 is 25.9. The highest BCUT2D eigenvalue weighted by atomic mass is 35.5. The lowest BCUT2D eigenvalue weighted by Crippen LogP contribution is -2.26. The van der Waals surface area contributed by atoms with Crippen molar-refractivity contribution in [3.05, 3.63) is 47.4 Å². The van der Waals surface area contributed by atoms with E-state index in [1.165, 1.54) is 23.6 Å².